The van der Waals surface area contributed by atoms with Gasteiger partial charge < -0.3 is 10.1 Å². The Balaban J connectivity index is 1.75. The number of halogens is 1. The molecule has 10 heteroatoms. The van der Waals surface area contributed by atoms with Crippen LogP contribution in [0.4, 0.5) is 5.00 Å². The average Bonchev–Trinajstić information content (AvgIpc) is 3.27. The van der Waals surface area contributed by atoms with Crippen molar-refractivity contribution in [2.45, 2.75) is 25.5 Å². The van der Waals surface area contributed by atoms with Crippen molar-refractivity contribution in [1.29, 1.82) is 0 Å². The number of nitrogens with zero attached hydrogens (tertiary/aromatic N) is 3. The number of amides is 1. The number of carbonyl (C=O) groups is 2. The molecule has 0 aliphatic carbocycles. The molecule has 1 N–H and O–H groups in total. The van der Waals surface area contributed by atoms with E-state index in [4.69, 9.17) is 4.74 Å². The van der Waals surface area contributed by atoms with Crippen LogP contribution in [0.1, 0.15) is 20.8 Å². The highest BCUT2D eigenvalue weighted by molar-refractivity contribution is 9.10. The first-order valence-corrected chi connectivity index (χ1v) is 11.9. The number of aryl methyl sites for hydroxylation is 1. The molecule has 0 atom stereocenters. The Morgan fingerprint density at radius 1 is 1.29 bits per heavy atom. The van der Waals surface area contributed by atoms with Crippen LogP contribution in [0.15, 0.2) is 46.5 Å². The van der Waals surface area contributed by atoms with Gasteiger partial charge in [-0.05, 0) is 31.5 Å². The summed E-state index contributed by atoms with van der Waals surface area (Å²) in [6.07, 6.45) is 1.76. The topological polar surface area (TPSA) is 86.1 Å². The number of anilines is 1. The van der Waals surface area contributed by atoms with Gasteiger partial charge in [0.25, 0.3) is 0 Å². The van der Waals surface area contributed by atoms with Gasteiger partial charge in [0, 0.05) is 21.5 Å². The number of carbonyl (C=O) groups excluding carboxylic acids is 2. The van der Waals surface area contributed by atoms with Crippen molar-refractivity contribution in [3.8, 4) is 11.4 Å². The predicted octanol–water partition coefficient (Wildman–Crippen LogP) is 5.09. The molecule has 3 rings (SSSR count). The van der Waals surface area contributed by atoms with Gasteiger partial charge in [-0.15, -0.1) is 28.1 Å². The largest absolute Gasteiger partial charge is 0.465 e. The molecule has 0 aliphatic heterocycles. The first-order chi connectivity index (χ1) is 14.8. The second kappa shape index (κ2) is 10.3. The number of allylic oxidation sites excluding steroid dienone is 1. The van der Waals surface area contributed by atoms with Crippen molar-refractivity contribution in [2.75, 3.05) is 18.2 Å². The van der Waals surface area contributed by atoms with Crippen LogP contribution in [0.3, 0.4) is 0 Å². The lowest BCUT2D eigenvalue weighted by atomic mass is 10.1. The fourth-order valence-electron chi connectivity index (χ4n) is 2.86. The standard InChI is InChI=1S/C21H21BrN4O3S2/c1-5-10-26-18(14-6-8-15(22)9-7-14)24-25-21(26)30-11-16(27)23-19-17(20(28)29-4)12(2)13(3)31-19/h5-9H,1,10-11H2,2-4H3,(H,23,27). The van der Waals surface area contributed by atoms with Crippen LogP contribution in [0.5, 0.6) is 0 Å². The van der Waals surface area contributed by atoms with Gasteiger partial charge >= 0.3 is 5.97 Å². The summed E-state index contributed by atoms with van der Waals surface area (Å²) in [4.78, 5) is 25.6. The average molecular weight is 521 g/mol. The summed E-state index contributed by atoms with van der Waals surface area (Å²) in [5, 5.41) is 12.5. The molecule has 1 amide bonds. The molecular weight excluding hydrogens is 500 g/mol. The number of ether oxygens (including phenoxy) is 1. The van der Waals surface area contributed by atoms with E-state index in [1.54, 1.807) is 6.08 Å². The van der Waals surface area contributed by atoms with E-state index in [0.29, 0.717) is 28.1 Å². The molecule has 0 fully saturated rings. The molecule has 0 radical (unpaired) electrons. The van der Waals surface area contributed by atoms with E-state index in [1.807, 2.05) is 42.7 Å². The molecule has 31 heavy (non-hydrogen) atoms. The van der Waals surface area contributed by atoms with Gasteiger partial charge in [-0.3, -0.25) is 9.36 Å². The summed E-state index contributed by atoms with van der Waals surface area (Å²) in [7, 11) is 1.33. The van der Waals surface area contributed by atoms with E-state index in [2.05, 4.69) is 38.0 Å². The van der Waals surface area contributed by atoms with Gasteiger partial charge in [0.2, 0.25) is 5.91 Å². The van der Waals surface area contributed by atoms with E-state index < -0.39 is 5.97 Å². The molecule has 162 valence electrons. The fraction of sp³-hybridized carbons (Fsp3) is 0.238. The van der Waals surface area contributed by atoms with Crippen molar-refractivity contribution in [2.24, 2.45) is 0 Å². The molecule has 7 nitrogen and oxygen atoms in total. The van der Waals surface area contributed by atoms with E-state index in [-0.39, 0.29) is 11.7 Å². The first kappa shape index (κ1) is 23.2. The number of hydrogen-bond donors (Lipinski definition) is 1. The number of esters is 1. The van der Waals surface area contributed by atoms with Crippen LogP contribution in [-0.2, 0) is 16.1 Å². The minimum Gasteiger partial charge on any atom is -0.465 e. The maximum atomic E-state index is 12.6. The van der Waals surface area contributed by atoms with Crippen molar-refractivity contribution >= 4 is 55.9 Å². The Morgan fingerprint density at radius 2 is 2.00 bits per heavy atom. The Kier molecular flexibility index (Phi) is 7.69. The van der Waals surface area contributed by atoms with Gasteiger partial charge in [0.1, 0.15) is 5.00 Å². The Morgan fingerprint density at radius 3 is 2.65 bits per heavy atom. The smallest absolute Gasteiger partial charge is 0.341 e. The molecular formula is C21H21BrN4O3S2. The highest BCUT2D eigenvalue weighted by Crippen LogP contribution is 2.33. The van der Waals surface area contributed by atoms with Gasteiger partial charge in [-0.2, -0.15) is 0 Å². The molecule has 1 aromatic carbocycles. The van der Waals surface area contributed by atoms with E-state index in [9.17, 15) is 9.59 Å². The zero-order valence-corrected chi connectivity index (χ0v) is 20.5. The molecule has 3 aromatic rings. The highest BCUT2D eigenvalue weighted by atomic mass is 79.9. The minimum atomic E-state index is -0.463. The zero-order valence-electron chi connectivity index (χ0n) is 17.3. The van der Waals surface area contributed by atoms with Gasteiger partial charge in [-0.25, -0.2) is 4.79 Å². The second-order valence-electron chi connectivity index (χ2n) is 6.53. The van der Waals surface area contributed by atoms with Gasteiger partial charge in [0.05, 0.1) is 18.4 Å². The van der Waals surface area contributed by atoms with E-state index in [1.165, 1.54) is 30.2 Å². The molecule has 0 aliphatic rings. The number of methoxy groups -OCH3 is 1. The summed E-state index contributed by atoms with van der Waals surface area (Å²) in [6.45, 7) is 8.06. The van der Waals surface area contributed by atoms with Crippen LogP contribution in [0.25, 0.3) is 11.4 Å². The number of benzene rings is 1. The normalized spacial score (nSPS) is 10.7. The highest BCUT2D eigenvalue weighted by Gasteiger charge is 2.22. The third-order valence-electron chi connectivity index (χ3n) is 4.49. The number of hydrogen-bond acceptors (Lipinski definition) is 7. The Bertz CT molecular complexity index is 1120. The number of rotatable bonds is 8. The van der Waals surface area contributed by atoms with Crippen LogP contribution >= 0.6 is 39.0 Å². The Hall–Kier alpha value is -2.43. The first-order valence-electron chi connectivity index (χ1n) is 9.26. The SMILES string of the molecule is C=CCn1c(SCC(=O)Nc2sc(C)c(C)c2C(=O)OC)nnc1-c1ccc(Br)cc1. The monoisotopic (exact) mass is 520 g/mol. The lowest BCUT2D eigenvalue weighted by Gasteiger charge is -2.08. The predicted molar refractivity (Wildman–Crippen MR) is 128 cm³/mol. The summed E-state index contributed by atoms with van der Waals surface area (Å²) in [6, 6.07) is 7.77. The molecule has 0 saturated heterocycles. The maximum Gasteiger partial charge on any atom is 0.341 e. The van der Waals surface area contributed by atoms with E-state index in [0.717, 1.165) is 20.5 Å². The summed E-state index contributed by atoms with van der Waals surface area (Å²) >= 11 is 6.06. The lowest BCUT2D eigenvalue weighted by Crippen LogP contribution is -2.16. The molecule has 2 aromatic heterocycles. The number of thiophene rings is 1. The molecule has 0 unspecified atom stereocenters. The van der Waals surface area contributed by atoms with Crippen molar-refractivity contribution in [3.63, 3.8) is 0 Å². The number of nitrogens with one attached hydrogen (secondary N) is 1. The lowest BCUT2D eigenvalue weighted by molar-refractivity contribution is -0.113. The minimum absolute atomic E-state index is 0.117. The number of aromatic nitrogens is 3. The third kappa shape index (κ3) is 5.25. The summed E-state index contributed by atoms with van der Waals surface area (Å²) in [5.74, 6) is 0.115. The number of thioether (sulfide) groups is 1. The van der Waals surface area contributed by atoms with Gasteiger partial charge in [0.15, 0.2) is 11.0 Å². The quantitative estimate of drug-likeness (QED) is 0.253. The second-order valence-corrected chi connectivity index (χ2v) is 9.61. The zero-order chi connectivity index (χ0) is 22.5. The van der Waals surface area contributed by atoms with Crippen LogP contribution in [-0.4, -0.2) is 39.5 Å². The molecule has 2 heterocycles. The molecule has 0 saturated carbocycles. The Labute approximate surface area is 197 Å². The third-order valence-corrected chi connectivity index (χ3v) is 7.11. The van der Waals surface area contributed by atoms with Crippen molar-refractivity contribution in [1.82, 2.24) is 14.8 Å². The summed E-state index contributed by atoms with van der Waals surface area (Å²) in [5.41, 5.74) is 2.13. The fourth-order valence-corrected chi connectivity index (χ4v) is 4.93. The van der Waals surface area contributed by atoms with E-state index >= 15 is 0 Å². The molecule has 0 spiro atoms. The van der Waals surface area contributed by atoms with Crippen molar-refractivity contribution < 1.29 is 14.3 Å². The van der Waals surface area contributed by atoms with Gasteiger partial charge in [-0.1, -0.05) is 45.9 Å². The summed E-state index contributed by atoms with van der Waals surface area (Å²) < 4.78 is 7.74. The van der Waals surface area contributed by atoms with Crippen LogP contribution in [0, 0.1) is 13.8 Å². The molecule has 0 bridgehead atoms. The van der Waals surface area contributed by atoms with Crippen LogP contribution < -0.4 is 5.32 Å². The van der Waals surface area contributed by atoms with Crippen molar-refractivity contribution in [3.05, 3.63) is 57.4 Å². The maximum absolute atomic E-state index is 12.6. The van der Waals surface area contributed by atoms with Crippen LogP contribution in [0.2, 0.25) is 0 Å².